The van der Waals surface area contributed by atoms with E-state index in [4.69, 9.17) is 11.6 Å². The molecule has 0 saturated heterocycles. The Morgan fingerprint density at radius 1 is 1.12 bits per heavy atom. The van der Waals surface area contributed by atoms with Crippen LogP contribution in [-0.4, -0.2) is 21.2 Å². The molecule has 4 rings (SSSR count). The molecule has 0 aliphatic carbocycles. The van der Waals surface area contributed by atoms with Crippen molar-refractivity contribution >= 4 is 56.5 Å². The van der Waals surface area contributed by atoms with Gasteiger partial charge in [0.2, 0.25) is 5.91 Å². The monoisotopic (exact) mass is 495 g/mol. The Kier molecular flexibility index (Phi) is 6.27. The second-order valence-electron chi connectivity index (χ2n) is 6.53. The van der Waals surface area contributed by atoms with Crippen LogP contribution >= 0.6 is 34.7 Å². The van der Waals surface area contributed by atoms with Gasteiger partial charge < -0.3 is 5.32 Å². The minimum atomic E-state index is -4.45. The van der Waals surface area contributed by atoms with Gasteiger partial charge in [0.05, 0.1) is 27.5 Å². The number of thiophene rings is 1. The molecule has 0 aliphatic rings. The number of carbonyl (C=O) groups excluding carboxylic acids is 1. The van der Waals surface area contributed by atoms with E-state index in [1.807, 2.05) is 0 Å². The van der Waals surface area contributed by atoms with Gasteiger partial charge in [-0.15, -0.1) is 11.3 Å². The molecule has 1 N–H and O–H groups in total. The van der Waals surface area contributed by atoms with Gasteiger partial charge in [-0.2, -0.15) is 13.2 Å². The average molecular weight is 496 g/mol. The van der Waals surface area contributed by atoms with Crippen LogP contribution < -0.4 is 10.9 Å². The number of anilines is 1. The molecule has 164 valence electrons. The summed E-state index contributed by atoms with van der Waals surface area (Å²) in [5, 5.41) is 4.92. The summed E-state index contributed by atoms with van der Waals surface area (Å²) in [6.07, 6.45) is -4.45. The Hall–Kier alpha value is -2.82. The third-order valence-electron chi connectivity index (χ3n) is 4.37. The van der Waals surface area contributed by atoms with E-state index in [-0.39, 0.29) is 22.2 Å². The maximum atomic E-state index is 13.1. The minimum absolute atomic E-state index is 0.118. The van der Waals surface area contributed by atoms with Crippen molar-refractivity contribution in [2.45, 2.75) is 11.3 Å². The lowest BCUT2D eigenvalue weighted by Crippen LogP contribution is -2.22. The number of para-hydroxylation sites is 1. The number of amides is 1. The van der Waals surface area contributed by atoms with Crippen molar-refractivity contribution in [3.05, 3.63) is 80.9 Å². The Morgan fingerprint density at radius 2 is 1.84 bits per heavy atom. The fraction of sp³-hybridized carbons (Fsp3) is 0.0952. The first-order chi connectivity index (χ1) is 15.2. The van der Waals surface area contributed by atoms with Crippen LogP contribution in [0, 0.1) is 0 Å². The van der Waals surface area contributed by atoms with Crippen LogP contribution in [0.5, 0.6) is 0 Å². The second kappa shape index (κ2) is 8.97. The van der Waals surface area contributed by atoms with Gasteiger partial charge in [0.1, 0.15) is 4.70 Å². The molecule has 2 aromatic heterocycles. The largest absolute Gasteiger partial charge is 0.416 e. The van der Waals surface area contributed by atoms with Gasteiger partial charge in [0, 0.05) is 5.69 Å². The molecule has 11 heteroatoms. The highest BCUT2D eigenvalue weighted by atomic mass is 35.5. The molecular weight excluding hydrogens is 483 g/mol. The minimum Gasteiger partial charge on any atom is -0.325 e. The number of carbonyl (C=O) groups is 1. The molecule has 0 saturated carbocycles. The first-order valence-corrected chi connectivity index (χ1v) is 11.3. The van der Waals surface area contributed by atoms with Crippen LogP contribution in [0.3, 0.4) is 0 Å². The number of rotatable bonds is 5. The van der Waals surface area contributed by atoms with E-state index in [1.54, 1.807) is 35.7 Å². The molecule has 2 heterocycles. The normalized spacial score (nSPS) is 11.6. The van der Waals surface area contributed by atoms with Crippen LogP contribution in [0.15, 0.2) is 69.9 Å². The topological polar surface area (TPSA) is 64.0 Å². The number of nitrogens with zero attached hydrogens (tertiary/aromatic N) is 2. The van der Waals surface area contributed by atoms with Crippen molar-refractivity contribution in [3.8, 4) is 5.69 Å². The zero-order valence-electron chi connectivity index (χ0n) is 16.0. The highest BCUT2D eigenvalue weighted by Gasteiger charge is 2.30. The zero-order valence-corrected chi connectivity index (χ0v) is 18.4. The maximum absolute atomic E-state index is 13.1. The number of thioether (sulfide) groups is 1. The summed E-state index contributed by atoms with van der Waals surface area (Å²) >= 11 is 8.57. The smallest absolute Gasteiger partial charge is 0.325 e. The van der Waals surface area contributed by atoms with E-state index in [1.165, 1.54) is 28.0 Å². The van der Waals surface area contributed by atoms with Gasteiger partial charge in [-0.05, 0) is 47.8 Å². The lowest BCUT2D eigenvalue weighted by atomic mass is 10.2. The standard InChI is InChI=1S/C21H13ClF3N3O2S2/c22-14-3-1-2-4-16(14)28-19(30)18-15(9-10-31-18)27-20(28)32-11-17(29)26-13-7-5-12(6-8-13)21(23,24)25/h1-10H,11H2,(H,26,29). The summed E-state index contributed by atoms with van der Waals surface area (Å²) in [6, 6.07) is 12.7. The van der Waals surface area contributed by atoms with Gasteiger partial charge in [-0.3, -0.25) is 14.2 Å². The molecule has 0 unspecified atom stereocenters. The van der Waals surface area contributed by atoms with E-state index in [9.17, 15) is 22.8 Å². The van der Waals surface area contributed by atoms with Crippen molar-refractivity contribution in [2.24, 2.45) is 0 Å². The number of hydrogen-bond donors (Lipinski definition) is 1. The van der Waals surface area contributed by atoms with Crippen LogP contribution in [0.4, 0.5) is 18.9 Å². The Labute approximate surface area is 192 Å². The van der Waals surface area contributed by atoms with Crippen molar-refractivity contribution in [1.82, 2.24) is 9.55 Å². The first kappa shape index (κ1) is 22.4. The van der Waals surface area contributed by atoms with Gasteiger partial charge in [-0.25, -0.2) is 4.98 Å². The van der Waals surface area contributed by atoms with Crippen molar-refractivity contribution in [2.75, 3.05) is 11.1 Å². The Balaban J connectivity index is 1.58. The molecule has 0 aliphatic heterocycles. The molecule has 0 bridgehead atoms. The Morgan fingerprint density at radius 3 is 2.53 bits per heavy atom. The highest BCUT2D eigenvalue weighted by Crippen LogP contribution is 2.30. The molecule has 0 atom stereocenters. The molecule has 0 fully saturated rings. The Bertz CT molecular complexity index is 1350. The molecule has 0 spiro atoms. The summed E-state index contributed by atoms with van der Waals surface area (Å²) in [5.41, 5.74) is 0.0700. The number of nitrogens with one attached hydrogen (secondary N) is 1. The van der Waals surface area contributed by atoms with Gasteiger partial charge >= 0.3 is 6.18 Å². The number of aromatic nitrogens is 2. The van der Waals surface area contributed by atoms with Crippen LogP contribution in [0.25, 0.3) is 15.9 Å². The summed E-state index contributed by atoms with van der Waals surface area (Å²) in [5.74, 6) is -0.576. The number of alkyl halides is 3. The van der Waals surface area contributed by atoms with Crippen LogP contribution in [0.2, 0.25) is 5.02 Å². The molecule has 2 aromatic carbocycles. The predicted molar refractivity (Wildman–Crippen MR) is 121 cm³/mol. The number of fused-ring (bicyclic) bond motifs is 1. The molecule has 4 aromatic rings. The van der Waals surface area contributed by atoms with Gasteiger partial charge in [0.15, 0.2) is 5.16 Å². The van der Waals surface area contributed by atoms with Crippen LogP contribution in [0.1, 0.15) is 5.56 Å². The second-order valence-corrected chi connectivity index (χ2v) is 8.80. The lowest BCUT2D eigenvalue weighted by Gasteiger charge is -2.13. The fourth-order valence-corrected chi connectivity index (χ4v) is 4.69. The van der Waals surface area contributed by atoms with E-state index >= 15 is 0 Å². The quantitative estimate of drug-likeness (QED) is 0.278. The third-order valence-corrected chi connectivity index (χ3v) is 6.52. The lowest BCUT2D eigenvalue weighted by molar-refractivity contribution is -0.137. The summed E-state index contributed by atoms with van der Waals surface area (Å²) in [7, 11) is 0. The first-order valence-electron chi connectivity index (χ1n) is 9.09. The summed E-state index contributed by atoms with van der Waals surface area (Å²) < 4.78 is 39.9. The zero-order chi connectivity index (χ0) is 22.9. The van der Waals surface area contributed by atoms with Gasteiger partial charge in [-0.1, -0.05) is 35.5 Å². The van der Waals surface area contributed by atoms with Gasteiger partial charge in [0.25, 0.3) is 5.56 Å². The maximum Gasteiger partial charge on any atom is 0.416 e. The van der Waals surface area contributed by atoms with Crippen molar-refractivity contribution in [1.29, 1.82) is 0 Å². The van der Waals surface area contributed by atoms with E-state index in [2.05, 4.69) is 10.3 Å². The fourth-order valence-electron chi connectivity index (χ4n) is 2.90. The highest BCUT2D eigenvalue weighted by molar-refractivity contribution is 7.99. The molecule has 32 heavy (non-hydrogen) atoms. The van der Waals surface area contributed by atoms with Crippen LogP contribution in [-0.2, 0) is 11.0 Å². The van der Waals surface area contributed by atoms with E-state index in [0.29, 0.717) is 20.9 Å². The van der Waals surface area contributed by atoms with Crippen molar-refractivity contribution in [3.63, 3.8) is 0 Å². The molecule has 0 radical (unpaired) electrons. The molecule has 1 amide bonds. The SMILES string of the molecule is O=C(CSc1nc2ccsc2c(=O)n1-c1ccccc1Cl)Nc1ccc(C(F)(F)F)cc1. The van der Waals surface area contributed by atoms with E-state index in [0.717, 1.165) is 23.9 Å². The average Bonchev–Trinajstić information content (AvgIpc) is 3.22. The summed E-state index contributed by atoms with van der Waals surface area (Å²) in [6.45, 7) is 0. The number of hydrogen-bond acceptors (Lipinski definition) is 5. The summed E-state index contributed by atoms with van der Waals surface area (Å²) in [4.78, 5) is 30.0. The molecule has 5 nitrogen and oxygen atoms in total. The van der Waals surface area contributed by atoms with E-state index < -0.39 is 17.6 Å². The number of halogens is 4. The van der Waals surface area contributed by atoms with Crippen molar-refractivity contribution < 1.29 is 18.0 Å². The number of benzene rings is 2. The molecular formula is C21H13ClF3N3O2S2. The predicted octanol–water partition coefficient (Wildman–Crippen LogP) is 5.85. The third kappa shape index (κ3) is 4.67.